The molecule has 22 aromatic rings. The second kappa shape index (κ2) is 28.4. The molecule has 6 aromatic heterocycles. The fraction of sp³-hybridized carbons (Fsp3) is 0. The highest BCUT2D eigenvalue weighted by molar-refractivity contribution is 6.18. The first-order valence-electron chi connectivity index (χ1n) is 37.8. The van der Waals surface area contributed by atoms with E-state index in [0.717, 1.165) is 171 Å². The van der Waals surface area contributed by atoms with Crippen molar-refractivity contribution in [1.82, 2.24) is 49.8 Å². The van der Waals surface area contributed by atoms with Crippen molar-refractivity contribution in [3.8, 4) is 135 Å². The van der Waals surface area contributed by atoms with Crippen LogP contribution < -0.4 is 0 Å². The van der Waals surface area contributed by atoms with Crippen LogP contribution in [0.1, 0.15) is 0 Å². The van der Waals surface area contributed by atoms with E-state index in [2.05, 4.69) is 243 Å². The minimum atomic E-state index is 0.559. The van der Waals surface area contributed by atoms with Crippen molar-refractivity contribution in [2.24, 2.45) is 0 Å². The van der Waals surface area contributed by atoms with E-state index in [-0.39, 0.29) is 0 Å². The maximum absolute atomic E-state index is 6.27. The quantitative estimate of drug-likeness (QED) is 0.107. The van der Waals surface area contributed by atoms with E-state index in [4.69, 9.17) is 58.7 Å². The Morgan fingerprint density at radius 3 is 0.956 bits per heavy atom. The first kappa shape index (κ1) is 66.5. The molecule has 0 bridgehead atoms. The molecule has 0 aliphatic heterocycles. The second-order valence-corrected chi connectivity index (χ2v) is 28.2. The summed E-state index contributed by atoms with van der Waals surface area (Å²) in [5.41, 5.74) is 27.8. The zero-order valence-electron chi connectivity index (χ0n) is 61.1. The minimum Gasteiger partial charge on any atom is -0.454 e. The Kier molecular flexibility index (Phi) is 16.6. The van der Waals surface area contributed by atoms with Crippen molar-refractivity contribution in [2.75, 3.05) is 0 Å². The molecular formula is C102H62N10O2. The number of para-hydroxylation sites is 3. The molecule has 0 N–H and O–H groups in total. The predicted molar refractivity (Wildman–Crippen MR) is 461 cm³/mol. The van der Waals surface area contributed by atoms with Crippen LogP contribution in [0.5, 0.6) is 0 Å². The highest BCUT2D eigenvalue weighted by Crippen LogP contribution is 2.40. The van der Waals surface area contributed by atoms with Gasteiger partial charge in [0.05, 0.1) is 33.0 Å². The van der Waals surface area contributed by atoms with E-state index in [0.29, 0.717) is 40.7 Å². The van der Waals surface area contributed by atoms with Gasteiger partial charge in [-0.15, -0.1) is 0 Å². The molecule has 0 fully saturated rings. The summed E-state index contributed by atoms with van der Waals surface area (Å²) in [6.07, 6.45) is 0. The Balaban J connectivity index is 0.000000143. The fourth-order valence-corrected chi connectivity index (χ4v) is 15.2. The van der Waals surface area contributed by atoms with Crippen LogP contribution in [0.4, 0.5) is 0 Å². The third kappa shape index (κ3) is 12.7. The standard InChI is InChI=1S/2C51H31N5O/c1-3-9-32(10-4-1)33-19-23-38(24-20-33)49-54-48(37-11-5-2-6-12-37)55-50(56-49)39-25-21-35(22-26-39)34-15-17-36(18-16-34)40-27-29-42-41(31-40)28-30-45-46(42)47-51(57-45)53-44-14-8-7-13-43(44)52-47;1-3-9-32(10-4-1)33-19-23-38(24-20-33)50-54-49(37-11-5-2-6-12-37)55-51(56-50)39-25-21-35(22-26-39)34-15-17-36(18-16-34)40-27-29-43-45(31-40)53-47-44(52-43)30-28-42-41-13-7-8-14-46(41)57-48(42)47/h2*1-31H. The van der Waals surface area contributed by atoms with Crippen molar-refractivity contribution in [3.63, 3.8) is 0 Å². The molecule has 12 nitrogen and oxygen atoms in total. The van der Waals surface area contributed by atoms with Crippen molar-refractivity contribution in [3.05, 3.63) is 376 Å². The van der Waals surface area contributed by atoms with E-state index in [1.807, 2.05) is 133 Å². The lowest BCUT2D eigenvalue weighted by Crippen LogP contribution is -2.00. The first-order valence-corrected chi connectivity index (χ1v) is 37.8. The minimum absolute atomic E-state index is 0.559. The summed E-state index contributed by atoms with van der Waals surface area (Å²) in [7, 11) is 0. The lowest BCUT2D eigenvalue weighted by molar-refractivity contribution is 0.655. The van der Waals surface area contributed by atoms with E-state index < -0.39 is 0 Å². The Morgan fingerprint density at radius 2 is 0.491 bits per heavy atom. The summed E-state index contributed by atoms with van der Waals surface area (Å²) in [6, 6.07) is 129. The van der Waals surface area contributed by atoms with E-state index in [1.54, 1.807) is 0 Å². The van der Waals surface area contributed by atoms with Gasteiger partial charge in [0.15, 0.2) is 40.5 Å². The summed E-state index contributed by atoms with van der Waals surface area (Å²) >= 11 is 0. The number of aromatic nitrogens is 10. The first-order chi connectivity index (χ1) is 56.4. The molecule has 532 valence electrons. The van der Waals surface area contributed by atoms with Gasteiger partial charge in [-0.25, -0.2) is 49.8 Å². The van der Waals surface area contributed by atoms with E-state index in [9.17, 15) is 0 Å². The lowest BCUT2D eigenvalue weighted by Gasteiger charge is -2.10. The molecule has 0 aliphatic carbocycles. The molecule has 0 spiro atoms. The maximum Gasteiger partial charge on any atom is 0.246 e. The van der Waals surface area contributed by atoms with Gasteiger partial charge >= 0.3 is 0 Å². The van der Waals surface area contributed by atoms with Crippen LogP contribution in [-0.4, -0.2) is 49.8 Å². The van der Waals surface area contributed by atoms with Gasteiger partial charge in [0.25, 0.3) is 0 Å². The van der Waals surface area contributed by atoms with E-state index in [1.165, 1.54) is 11.1 Å². The van der Waals surface area contributed by atoms with Crippen molar-refractivity contribution >= 4 is 88.0 Å². The highest BCUT2D eigenvalue weighted by Gasteiger charge is 2.20. The molecule has 0 saturated carbocycles. The summed E-state index contributed by atoms with van der Waals surface area (Å²) in [5.74, 6) is 3.80. The number of hydrogen-bond donors (Lipinski definition) is 0. The second-order valence-electron chi connectivity index (χ2n) is 28.2. The summed E-state index contributed by atoms with van der Waals surface area (Å²) in [5, 5.41) is 5.34. The van der Waals surface area contributed by atoms with Gasteiger partial charge < -0.3 is 8.83 Å². The largest absolute Gasteiger partial charge is 0.454 e. The van der Waals surface area contributed by atoms with Crippen molar-refractivity contribution in [1.29, 1.82) is 0 Å². The Labute approximate surface area is 653 Å². The van der Waals surface area contributed by atoms with Crippen molar-refractivity contribution < 1.29 is 8.83 Å². The molecule has 114 heavy (non-hydrogen) atoms. The lowest BCUT2D eigenvalue weighted by atomic mass is 9.97. The van der Waals surface area contributed by atoms with Crippen LogP contribution in [0.25, 0.3) is 223 Å². The average Bonchev–Trinajstić information content (AvgIpc) is 1.58. The van der Waals surface area contributed by atoms with Gasteiger partial charge in [-0.2, -0.15) is 0 Å². The number of benzene rings is 16. The van der Waals surface area contributed by atoms with Crippen LogP contribution in [0, 0.1) is 0 Å². The van der Waals surface area contributed by atoms with Crippen molar-refractivity contribution in [2.45, 2.75) is 0 Å². The molecule has 0 atom stereocenters. The van der Waals surface area contributed by atoms with Crippen LogP contribution in [-0.2, 0) is 0 Å². The molecule has 12 heteroatoms. The Hall–Kier alpha value is -15.7. The van der Waals surface area contributed by atoms with Crippen LogP contribution in [0.3, 0.4) is 0 Å². The van der Waals surface area contributed by atoms with Crippen LogP contribution in [0.15, 0.2) is 385 Å². The molecule has 0 aliphatic rings. The van der Waals surface area contributed by atoms with Gasteiger partial charge in [-0.3, -0.25) is 0 Å². The monoisotopic (exact) mass is 1460 g/mol. The van der Waals surface area contributed by atoms with E-state index >= 15 is 0 Å². The number of furan rings is 2. The smallest absolute Gasteiger partial charge is 0.246 e. The summed E-state index contributed by atoms with van der Waals surface area (Å²) in [6.45, 7) is 0. The number of fused-ring (bicyclic) bond motifs is 12. The molecule has 22 rings (SSSR count). The Morgan fingerprint density at radius 1 is 0.167 bits per heavy atom. The predicted octanol–water partition coefficient (Wildman–Crippen LogP) is 25.7. The number of hydrogen-bond acceptors (Lipinski definition) is 12. The van der Waals surface area contributed by atoms with Gasteiger partial charge in [0.1, 0.15) is 22.2 Å². The van der Waals surface area contributed by atoms with Gasteiger partial charge in [0.2, 0.25) is 5.71 Å². The molecule has 0 radical (unpaired) electrons. The molecule has 0 saturated heterocycles. The summed E-state index contributed by atoms with van der Waals surface area (Å²) in [4.78, 5) is 49.4. The molecule has 0 unspecified atom stereocenters. The van der Waals surface area contributed by atoms with Gasteiger partial charge in [0, 0.05) is 44.2 Å². The Bertz CT molecular complexity index is 7400. The number of rotatable bonds is 12. The van der Waals surface area contributed by atoms with Gasteiger partial charge in [-0.05, 0) is 132 Å². The number of nitrogens with zero attached hydrogens (tertiary/aromatic N) is 10. The maximum atomic E-state index is 6.27. The zero-order chi connectivity index (χ0) is 75.4. The van der Waals surface area contributed by atoms with Crippen LogP contribution in [0.2, 0.25) is 0 Å². The molecular weight excluding hydrogens is 1400 g/mol. The van der Waals surface area contributed by atoms with Crippen LogP contribution >= 0.6 is 0 Å². The molecule has 6 heterocycles. The highest BCUT2D eigenvalue weighted by atomic mass is 16.3. The molecule has 0 amide bonds. The topological polar surface area (TPSA) is 155 Å². The zero-order valence-corrected chi connectivity index (χ0v) is 61.1. The average molecular weight is 1460 g/mol. The molecule has 16 aromatic carbocycles. The fourth-order valence-electron chi connectivity index (χ4n) is 15.2. The third-order valence-electron chi connectivity index (χ3n) is 21.1. The summed E-state index contributed by atoms with van der Waals surface area (Å²) < 4.78 is 12.4. The normalized spacial score (nSPS) is 11.5. The third-order valence-corrected chi connectivity index (χ3v) is 21.1. The van der Waals surface area contributed by atoms with Gasteiger partial charge in [-0.1, -0.05) is 322 Å². The SMILES string of the molecule is c1ccc(-c2ccc(-c3nc(-c4ccccc4)nc(-c4ccc(-c5ccc(-c6ccc7c(ccc8oc9nc%10ccccc%10nc9c87)c6)cc5)cc4)n3)cc2)cc1.c1ccc(-c2ccc(-c3nc(-c4ccccc4)nc(-c4ccc(-c5ccc(-c6ccc7nc8ccc9c%10ccccc%10oc9c8nc7c6)cc5)cc4)n3)cc2)cc1.